The molecule has 1 aliphatic rings. The van der Waals surface area contributed by atoms with Gasteiger partial charge >= 0.3 is 6.01 Å². The number of halogens is 1. The van der Waals surface area contributed by atoms with E-state index in [0.717, 1.165) is 24.0 Å². The lowest BCUT2D eigenvalue weighted by Crippen LogP contribution is -2.25. The van der Waals surface area contributed by atoms with E-state index in [-0.39, 0.29) is 11.9 Å². The maximum Gasteiger partial charge on any atom is 0.301 e. The van der Waals surface area contributed by atoms with Crippen LogP contribution in [0.1, 0.15) is 31.1 Å². The smallest absolute Gasteiger partial charge is 0.301 e. The summed E-state index contributed by atoms with van der Waals surface area (Å²) in [5.74, 6) is 2.99. The summed E-state index contributed by atoms with van der Waals surface area (Å²) in [5, 5.41) is 3.46. The number of allylic oxidation sites excluding steroid dienone is 3. The monoisotopic (exact) mass is 366 g/mol. The van der Waals surface area contributed by atoms with Crippen LogP contribution in [0.15, 0.2) is 58.7 Å². The standard InChI is InChI=1S/C21H19ClN2O2/c1-3-5-8-16(4-2)21(10-11-21)19(25)24-20-23-14-18(26-20)13-15-7-6-9-17(22)12-15/h1,4-9,12,14H,10-11,13H2,2H3,(H,23,24,25)/b8-5-,16-4+. The van der Waals surface area contributed by atoms with Crippen LogP contribution in [0.4, 0.5) is 6.01 Å². The van der Waals surface area contributed by atoms with Gasteiger partial charge < -0.3 is 4.42 Å². The molecule has 1 aromatic carbocycles. The summed E-state index contributed by atoms with van der Waals surface area (Å²) >= 11 is 6.00. The number of nitrogens with zero attached hydrogens (tertiary/aromatic N) is 1. The Morgan fingerprint density at radius 2 is 2.31 bits per heavy atom. The van der Waals surface area contributed by atoms with Gasteiger partial charge in [0, 0.05) is 11.4 Å². The Hall–Kier alpha value is -2.77. The summed E-state index contributed by atoms with van der Waals surface area (Å²) in [5.41, 5.74) is 1.39. The minimum absolute atomic E-state index is 0.122. The van der Waals surface area contributed by atoms with Gasteiger partial charge in [-0.2, -0.15) is 0 Å². The van der Waals surface area contributed by atoms with Gasteiger partial charge in [0.05, 0.1) is 11.6 Å². The van der Waals surface area contributed by atoms with E-state index >= 15 is 0 Å². The molecule has 4 nitrogen and oxygen atoms in total. The number of terminal acetylenes is 1. The molecule has 0 radical (unpaired) electrons. The first kappa shape index (κ1) is 18.0. The lowest BCUT2D eigenvalue weighted by Gasteiger charge is -2.14. The summed E-state index contributed by atoms with van der Waals surface area (Å²) in [6.45, 7) is 1.90. The van der Waals surface area contributed by atoms with E-state index in [2.05, 4.69) is 16.2 Å². The first-order valence-corrected chi connectivity index (χ1v) is 8.75. The predicted molar refractivity (Wildman–Crippen MR) is 103 cm³/mol. The van der Waals surface area contributed by atoms with Gasteiger partial charge in [-0.25, -0.2) is 4.98 Å². The molecule has 0 spiro atoms. The van der Waals surface area contributed by atoms with Crippen LogP contribution in [0.3, 0.4) is 0 Å². The molecule has 26 heavy (non-hydrogen) atoms. The van der Waals surface area contributed by atoms with Crippen LogP contribution in [-0.4, -0.2) is 10.9 Å². The molecule has 1 aliphatic carbocycles. The van der Waals surface area contributed by atoms with E-state index in [1.165, 1.54) is 0 Å². The van der Waals surface area contributed by atoms with Crippen molar-refractivity contribution in [2.75, 3.05) is 5.32 Å². The lowest BCUT2D eigenvalue weighted by molar-refractivity contribution is -0.119. The Balaban J connectivity index is 1.68. The SMILES string of the molecule is C#C/C=C\C(=C/C)C1(C(=O)Nc2ncc(Cc3cccc(Cl)c3)o2)CC1. The highest BCUT2D eigenvalue weighted by Gasteiger charge is 2.52. The van der Waals surface area contributed by atoms with E-state index < -0.39 is 5.41 Å². The molecule has 132 valence electrons. The average Bonchev–Trinajstić information content (AvgIpc) is 3.31. The van der Waals surface area contributed by atoms with Crippen LogP contribution in [0.25, 0.3) is 0 Å². The molecular formula is C21H19ClN2O2. The Morgan fingerprint density at radius 1 is 1.50 bits per heavy atom. The molecule has 3 rings (SSSR count). The van der Waals surface area contributed by atoms with Crippen molar-refractivity contribution >= 4 is 23.5 Å². The highest BCUT2D eigenvalue weighted by molar-refractivity contribution is 6.30. The zero-order chi connectivity index (χ0) is 18.6. The van der Waals surface area contributed by atoms with Crippen molar-refractivity contribution in [3.63, 3.8) is 0 Å². The molecule has 5 heteroatoms. The Bertz CT molecular complexity index is 914. The molecule has 0 atom stereocenters. The molecule has 0 aliphatic heterocycles. The number of carbonyl (C=O) groups is 1. The summed E-state index contributed by atoms with van der Waals surface area (Å²) in [6, 6.07) is 7.74. The molecule has 1 amide bonds. The van der Waals surface area contributed by atoms with Crippen LogP contribution >= 0.6 is 11.6 Å². The minimum Gasteiger partial charge on any atom is -0.428 e. The zero-order valence-corrected chi connectivity index (χ0v) is 15.2. The topological polar surface area (TPSA) is 55.1 Å². The summed E-state index contributed by atoms with van der Waals surface area (Å²) in [4.78, 5) is 16.9. The number of hydrogen-bond donors (Lipinski definition) is 1. The van der Waals surface area contributed by atoms with Crippen LogP contribution in [0.2, 0.25) is 5.02 Å². The third kappa shape index (κ3) is 3.89. The van der Waals surface area contributed by atoms with Crippen molar-refractivity contribution in [3.8, 4) is 12.3 Å². The molecule has 0 bridgehead atoms. The molecule has 1 N–H and O–H groups in total. The Morgan fingerprint density at radius 3 is 2.96 bits per heavy atom. The molecule has 1 heterocycles. The summed E-state index contributed by atoms with van der Waals surface area (Å²) in [6.07, 6.45) is 14.3. The van der Waals surface area contributed by atoms with Gasteiger partial charge in [-0.05, 0) is 55.2 Å². The van der Waals surface area contributed by atoms with E-state index in [1.54, 1.807) is 12.3 Å². The van der Waals surface area contributed by atoms with Crippen molar-refractivity contribution in [3.05, 3.63) is 70.6 Å². The Labute approximate surface area is 158 Å². The van der Waals surface area contributed by atoms with Gasteiger partial charge in [-0.15, -0.1) is 6.42 Å². The third-order valence-electron chi connectivity index (χ3n) is 4.45. The minimum atomic E-state index is -0.538. The fourth-order valence-electron chi connectivity index (χ4n) is 2.95. The van der Waals surface area contributed by atoms with Gasteiger partial charge in [-0.1, -0.05) is 35.7 Å². The fraction of sp³-hybridized carbons (Fsp3) is 0.238. The molecule has 1 saturated carbocycles. The fourth-order valence-corrected chi connectivity index (χ4v) is 3.17. The largest absolute Gasteiger partial charge is 0.428 e. The zero-order valence-electron chi connectivity index (χ0n) is 14.5. The van der Waals surface area contributed by atoms with E-state index in [0.29, 0.717) is 17.2 Å². The number of hydrogen-bond acceptors (Lipinski definition) is 3. The number of rotatable bonds is 6. The molecule has 0 saturated heterocycles. The number of benzene rings is 1. The predicted octanol–water partition coefficient (Wildman–Crippen LogP) is 4.77. The average molecular weight is 367 g/mol. The summed E-state index contributed by atoms with van der Waals surface area (Å²) < 4.78 is 5.66. The van der Waals surface area contributed by atoms with Gasteiger partial charge in [0.1, 0.15) is 5.76 Å². The molecule has 0 unspecified atom stereocenters. The number of anilines is 1. The van der Waals surface area contributed by atoms with E-state index in [4.69, 9.17) is 22.4 Å². The lowest BCUT2D eigenvalue weighted by atomic mass is 9.94. The van der Waals surface area contributed by atoms with Crippen molar-refractivity contribution in [1.29, 1.82) is 0 Å². The van der Waals surface area contributed by atoms with Gasteiger partial charge in [0.15, 0.2) is 0 Å². The third-order valence-corrected chi connectivity index (χ3v) is 4.68. The van der Waals surface area contributed by atoms with Crippen LogP contribution in [0, 0.1) is 17.8 Å². The van der Waals surface area contributed by atoms with Gasteiger partial charge in [0.25, 0.3) is 0 Å². The number of aromatic nitrogens is 1. The maximum atomic E-state index is 12.7. The molecule has 1 aromatic heterocycles. The summed E-state index contributed by atoms with van der Waals surface area (Å²) in [7, 11) is 0. The highest BCUT2D eigenvalue weighted by Crippen LogP contribution is 2.53. The second-order valence-corrected chi connectivity index (χ2v) is 6.66. The number of oxazole rings is 1. The van der Waals surface area contributed by atoms with Crippen molar-refractivity contribution in [1.82, 2.24) is 4.98 Å². The second kappa shape index (κ2) is 7.63. The van der Waals surface area contributed by atoms with Crippen LogP contribution < -0.4 is 5.32 Å². The highest BCUT2D eigenvalue weighted by atomic mass is 35.5. The first-order chi connectivity index (χ1) is 12.6. The normalized spacial score (nSPS) is 15.7. The van der Waals surface area contributed by atoms with Crippen LogP contribution in [0.5, 0.6) is 0 Å². The quantitative estimate of drug-likeness (QED) is 0.591. The maximum absolute atomic E-state index is 12.7. The molecular weight excluding hydrogens is 348 g/mol. The Kier molecular flexibility index (Phi) is 5.29. The van der Waals surface area contributed by atoms with Crippen molar-refractivity contribution < 1.29 is 9.21 Å². The second-order valence-electron chi connectivity index (χ2n) is 6.22. The first-order valence-electron chi connectivity index (χ1n) is 8.37. The number of carbonyl (C=O) groups excluding carboxylic acids is 1. The van der Waals surface area contributed by atoms with Crippen molar-refractivity contribution in [2.24, 2.45) is 5.41 Å². The molecule has 2 aromatic rings. The molecule has 1 fully saturated rings. The van der Waals surface area contributed by atoms with Gasteiger partial charge in [0.2, 0.25) is 5.91 Å². The van der Waals surface area contributed by atoms with Crippen LogP contribution in [-0.2, 0) is 11.2 Å². The van der Waals surface area contributed by atoms with E-state index in [1.807, 2.05) is 43.3 Å². The van der Waals surface area contributed by atoms with E-state index in [9.17, 15) is 4.79 Å². The number of amides is 1. The van der Waals surface area contributed by atoms with Crippen molar-refractivity contribution in [2.45, 2.75) is 26.2 Å². The van der Waals surface area contributed by atoms with Gasteiger partial charge in [-0.3, -0.25) is 10.1 Å². The number of nitrogens with one attached hydrogen (secondary N) is 1.